The Balaban J connectivity index is 2.55. The fourth-order valence-corrected chi connectivity index (χ4v) is 1.73. The summed E-state index contributed by atoms with van der Waals surface area (Å²) in [5.41, 5.74) is 1.67. The zero-order valence-corrected chi connectivity index (χ0v) is 9.56. The first-order valence-electron chi connectivity index (χ1n) is 5.00. The van der Waals surface area contributed by atoms with Gasteiger partial charge in [0.1, 0.15) is 0 Å². The Bertz CT molecular complexity index is 225. The monoisotopic (exact) mass is 198 g/mol. The van der Waals surface area contributed by atoms with Gasteiger partial charge in [-0.3, -0.25) is 0 Å². The molecule has 1 aliphatic carbocycles. The number of allylic oxidation sites excluding steroid dienone is 4. The summed E-state index contributed by atoms with van der Waals surface area (Å²) in [4.78, 5) is 0. The van der Waals surface area contributed by atoms with Gasteiger partial charge in [0.25, 0.3) is 0 Å². The van der Waals surface area contributed by atoms with Crippen molar-refractivity contribution in [2.75, 3.05) is 5.88 Å². The number of halogens is 1. The van der Waals surface area contributed by atoms with Gasteiger partial charge in [-0.15, -0.1) is 11.6 Å². The Morgan fingerprint density at radius 1 is 1.54 bits per heavy atom. The summed E-state index contributed by atoms with van der Waals surface area (Å²) in [6.45, 7) is 6.72. The molecule has 0 heterocycles. The minimum absolute atomic E-state index is 0.196. The molecule has 74 valence electrons. The fourth-order valence-electron chi connectivity index (χ4n) is 1.53. The second-order valence-corrected chi connectivity index (χ2v) is 4.97. The maximum absolute atomic E-state index is 5.89. The van der Waals surface area contributed by atoms with E-state index in [-0.39, 0.29) is 5.41 Å². The van der Waals surface area contributed by atoms with E-state index in [1.165, 1.54) is 12.0 Å². The van der Waals surface area contributed by atoms with Gasteiger partial charge in [-0.1, -0.05) is 44.6 Å². The molecule has 1 heteroatoms. The Hall–Kier alpha value is -0.230. The molecule has 0 nitrogen and oxygen atoms in total. The first-order chi connectivity index (χ1) is 6.06. The maximum atomic E-state index is 5.89. The highest BCUT2D eigenvalue weighted by molar-refractivity contribution is 6.18. The molecule has 0 N–H and O–H groups in total. The van der Waals surface area contributed by atoms with Crippen molar-refractivity contribution >= 4 is 11.6 Å². The summed E-state index contributed by atoms with van der Waals surface area (Å²) in [5, 5.41) is 0. The normalized spacial score (nSPS) is 27.9. The molecule has 1 unspecified atom stereocenters. The Morgan fingerprint density at radius 3 is 2.62 bits per heavy atom. The molecule has 0 amide bonds. The molecule has 0 aliphatic heterocycles. The van der Waals surface area contributed by atoms with Crippen molar-refractivity contribution in [1.29, 1.82) is 0 Å². The van der Waals surface area contributed by atoms with E-state index in [0.717, 1.165) is 18.2 Å². The zero-order valence-electron chi connectivity index (χ0n) is 8.81. The summed E-state index contributed by atoms with van der Waals surface area (Å²) in [5.74, 6) is 1.46. The Labute approximate surface area is 86.7 Å². The van der Waals surface area contributed by atoms with E-state index in [0.29, 0.717) is 0 Å². The minimum Gasteiger partial charge on any atom is -0.126 e. The van der Waals surface area contributed by atoms with Crippen LogP contribution in [0.4, 0.5) is 0 Å². The standard InChI is InChI=1S/C12H19Cl/c1-10(2)8-11-4-6-12(3,9-13)7-5-11/h4-6,10H,7-9H2,1-3H3. The molecule has 0 aromatic rings. The van der Waals surface area contributed by atoms with Crippen molar-refractivity contribution < 1.29 is 0 Å². The van der Waals surface area contributed by atoms with Crippen LogP contribution in [0.3, 0.4) is 0 Å². The van der Waals surface area contributed by atoms with Crippen LogP contribution in [-0.2, 0) is 0 Å². The molecule has 0 saturated carbocycles. The molecule has 0 spiro atoms. The van der Waals surface area contributed by atoms with Crippen LogP contribution in [0.1, 0.15) is 33.6 Å². The van der Waals surface area contributed by atoms with Gasteiger partial charge < -0.3 is 0 Å². The van der Waals surface area contributed by atoms with E-state index in [1.54, 1.807) is 0 Å². The Morgan fingerprint density at radius 2 is 2.23 bits per heavy atom. The van der Waals surface area contributed by atoms with Crippen molar-refractivity contribution in [2.45, 2.75) is 33.6 Å². The van der Waals surface area contributed by atoms with Gasteiger partial charge in [-0.2, -0.15) is 0 Å². The lowest BCUT2D eigenvalue weighted by Gasteiger charge is -2.25. The summed E-state index contributed by atoms with van der Waals surface area (Å²) in [6, 6.07) is 0. The lowest BCUT2D eigenvalue weighted by Crippen LogP contribution is -2.16. The summed E-state index contributed by atoms with van der Waals surface area (Å²) < 4.78 is 0. The third-order valence-electron chi connectivity index (χ3n) is 2.48. The van der Waals surface area contributed by atoms with Gasteiger partial charge in [-0.05, 0) is 18.8 Å². The predicted molar refractivity (Wildman–Crippen MR) is 60.1 cm³/mol. The van der Waals surface area contributed by atoms with E-state index >= 15 is 0 Å². The van der Waals surface area contributed by atoms with Crippen LogP contribution in [0, 0.1) is 11.3 Å². The topological polar surface area (TPSA) is 0 Å². The average Bonchev–Trinajstić information content (AvgIpc) is 2.09. The van der Waals surface area contributed by atoms with E-state index in [4.69, 9.17) is 11.6 Å². The molecule has 13 heavy (non-hydrogen) atoms. The van der Waals surface area contributed by atoms with Gasteiger partial charge >= 0.3 is 0 Å². The first-order valence-corrected chi connectivity index (χ1v) is 5.53. The summed E-state index contributed by atoms with van der Waals surface area (Å²) >= 11 is 5.89. The smallest absolute Gasteiger partial charge is 0.0315 e. The van der Waals surface area contributed by atoms with Crippen molar-refractivity contribution in [3.8, 4) is 0 Å². The number of hydrogen-bond acceptors (Lipinski definition) is 0. The van der Waals surface area contributed by atoms with E-state index in [2.05, 4.69) is 39.0 Å². The molecule has 1 atom stereocenters. The molecule has 0 fully saturated rings. The molecule has 0 bridgehead atoms. The molecule has 0 radical (unpaired) electrons. The molecule has 0 aromatic carbocycles. The highest BCUT2D eigenvalue weighted by Gasteiger charge is 2.21. The van der Waals surface area contributed by atoms with Gasteiger partial charge in [0, 0.05) is 11.3 Å². The fraction of sp³-hybridized carbons (Fsp3) is 0.667. The molecular weight excluding hydrogens is 180 g/mol. The van der Waals surface area contributed by atoms with Crippen molar-refractivity contribution in [2.24, 2.45) is 11.3 Å². The second-order valence-electron chi connectivity index (χ2n) is 4.70. The number of hydrogen-bond donors (Lipinski definition) is 0. The van der Waals surface area contributed by atoms with Crippen LogP contribution >= 0.6 is 11.6 Å². The number of rotatable bonds is 3. The molecule has 0 aromatic heterocycles. The first kappa shape index (κ1) is 10.8. The highest BCUT2D eigenvalue weighted by Crippen LogP contribution is 2.31. The summed E-state index contributed by atoms with van der Waals surface area (Å²) in [7, 11) is 0. The molecular formula is C12H19Cl. The Kier molecular flexibility index (Phi) is 3.61. The second kappa shape index (κ2) is 4.32. The van der Waals surface area contributed by atoms with E-state index in [9.17, 15) is 0 Å². The number of alkyl halides is 1. The third-order valence-corrected chi connectivity index (χ3v) is 3.09. The van der Waals surface area contributed by atoms with Gasteiger partial charge in [-0.25, -0.2) is 0 Å². The third kappa shape index (κ3) is 3.19. The SMILES string of the molecule is CC(C)CC1=CCC(C)(CCl)C=C1. The van der Waals surface area contributed by atoms with Crippen LogP contribution in [0.25, 0.3) is 0 Å². The van der Waals surface area contributed by atoms with Crippen molar-refractivity contribution in [3.05, 3.63) is 23.8 Å². The lowest BCUT2D eigenvalue weighted by molar-refractivity contribution is 0.485. The minimum atomic E-state index is 0.196. The van der Waals surface area contributed by atoms with Gasteiger partial charge in [0.2, 0.25) is 0 Å². The van der Waals surface area contributed by atoms with Crippen LogP contribution in [-0.4, -0.2) is 5.88 Å². The maximum Gasteiger partial charge on any atom is 0.0315 e. The summed E-state index contributed by atoms with van der Waals surface area (Å²) in [6.07, 6.45) is 9.12. The largest absolute Gasteiger partial charge is 0.126 e. The molecule has 1 rings (SSSR count). The van der Waals surface area contributed by atoms with Gasteiger partial charge in [0.15, 0.2) is 0 Å². The van der Waals surface area contributed by atoms with E-state index < -0.39 is 0 Å². The van der Waals surface area contributed by atoms with Crippen molar-refractivity contribution in [1.82, 2.24) is 0 Å². The zero-order chi connectivity index (χ0) is 9.90. The van der Waals surface area contributed by atoms with Gasteiger partial charge in [0.05, 0.1) is 0 Å². The van der Waals surface area contributed by atoms with Crippen molar-refractivity contribution in [3.63, 3.8) is 0 Å². The highest BCUT2D eigenvalue weighted by atomic mass is 35.5. The van der Waals surface area contributed by atoms with Crippen LogP contribution in [0.2, 0.25) is 0 Å². The van der Waals surface area contributed by atoms with Crippen LogP contribution in [0.5, 0.6) is 0 Å². The average molecular weight is 199 g/mol. The van der Waals surface area contributed by atoms with E-state index in [1.807, 2.05) is 0 Å². The lowest BCUT2D eigenvalue weighted by atomic mass is 9.82. The molecule has 0 saturated heterocycles. The predicted octanol–water partition coefficient (Wildman–Crippen LogP) is 4.16. The van der Waals surface area contributed by atoms with Crippen LogP contribution in [0.15, 0.2) is 23.8 Å². The van der Waals surface area contributed by atoms with Crippen LogP contribution < -0.4 is 0 Å². The molecule has 1 aliphatic rings. The quantitative estimate of drug-likeness (QED) is 0.598.